The molecule has 3 N–H and O–H groups in total. The molecule has 8 heteroatoms. The number of aromatic nitrogens is 3. The van der Waals surface area contributed by atoms with Gasteiger partial charge < -0.3 is 11.2 Å². The molecule has 0 spiro atoms. The molecule has 0 unspecified atom stereocenters. The number of hydrogen-bond donors (Lipinski definition) is 2. The van der Waals surface area contributed by atoms with Gasteiger partial charge in [-0.25, -0.2) is 9.07 Å². The summed E-state index contributed by atoms with van der Waals surface area (Å²) in [5.41, 5.74) is 1.38. The van der Waals surface area contributed by atoms with E-state index in [0.29, 0.717) is 16.5 Å². The lowest BCUT2D eigenvalue weighted by atomic mass is 10.1. The molecule has 4 rings (SSSR count). The van der Waals surface area contributed by atoms with Crippen molar-refractivity contribution in [2.45, 2.75) is 29.3 Å². The average Bonchev–Trinajstić information content (AvgIpc) is 3.41. The second-order valence-corrected chi connectivity index (χ2v) is 7.45. The summed E-state index contributed by atoms with van der Waals surface area (Å²) in [4.78, 5) is 12.8. The maximum absolute atomic E-state index is 13.5. The largest absolute Gasteiger partial charge is 0.352 e. The van der Waals surface area contributed by atoms with Crippen LogP contribution < -0.4 is 11.2 Å². The van der Waals surface area contributed by atoms with Crippen molar-refractivity contribution in [1.82, 2.24) is 20.2 Å². The number of nitrogens with two attached hydrogens (primary N) is 1. The van der Waals surface area contributed by atoms with Gasteiger partial charge in [-0.1, -0.05) is 54.2 Å². The Morgan fingerprint density at radius 1 is 1.19 bits per heavy atom. The van der Waals surface area contributed by atoms with Crippen LogP contribution in [0.4, 0.5) is 4.39 Å². The normalized spacial score (nSPS) is 14.7. The molecule has 27 heavy (non-hydrogen) atoms. The number of hydrogen-bond acceptors (Lipinski definition) is 5. The predicted molar refractivity (Wildman–Crippen MR) is 102 cm³/mol. The van der Waals surface area contributed by atoms with E-state index in [1.54, 1.807) is 12.1 Å². The minimum absolute atomic E-state index is 0.0796. The van der Waals surface area contributed by atoms with E-state index in [4.69, 9.17) is 5.84 Å². The molecule has 1 fully saturated rings. The lowest BCUT2D eigenvalue weighted by Crippen LogP contribution is -2.30. The average molecular weight is 383 g/mol. The highest BCUT2D eigenvalue weighted by atomic mass is 32.2. The highest BCUT2D eigenvalue weighted by Gasteiger charge is 2.30. The lowest BCUT2D eigenvalue weighted by Gasteiger charge is -2.16. The number of halogens is 1. The zero-order chi connectivity index (χ0) is 18.8. The van der Waals surface area contributed by atoms with Gasteiger partial charge in [0.2, 0.25) is 11.1 Å². The number of rotatable bonds is 6. The summed E-state index contributed by atoms with van der Waals surface area (Å²) in [5, 5.41) is 11.1. The summed E-state index contributed by atoms with van der Waals surface area (Å²) >= 11 is 1.22. The van der Waals surface area contributed by atoms with E-state index in [2.05, 4.69) is 15.5 Å². The van der Waals surface area contributed by atoms with Crippen LogP contribution in [0.5, 0.6) is 0 Å². The predicted octanol–water partition coefficient (Wildman–Crippen LogP) is 2.91. The van der Waals surface area contributed by atoms with Crippen molar-refractivity contribution in [2.75, 3.05) is 5.84 Å². The summed E-state index contributed by atoms with van der Waals surface area (Å²) in [6.07, 6.45) is 2.02. The van der Waals surface area contributed by atoms with Crippen molar-refractivity contribution in [1.29, 1.82) is 0 Å². The van der Waals surface area contributed by atoms with Crippen LogP contribution in [-0.4, -0.2) is 26.8 Å². The maximum Gasteiger partial charge on any atom is 0.238 e. The van der Waals surface area contributed by atoms with Crippen LogP contribution in [0.15, 0.2) is 59.8 Å². The molecule has 138 valence electrons. The number of nitrogens with zero attached hydrogens (tertiary/aromatic N) is 3. The van der Waals surface area contributed by atoms with Gasteiger partial charge >= 0.3 is 0 Å². The number of amides is 1. The number of nitrogens with one attached hydrogen (secondary N) is 1. The molecule has 1 amide bonds. The fourth-order valence-electron chi connectivity index (χ4n) is 2.69. The molecule has 1 aromatic heterocycles. The van der Waals surface area contributed by atoms with Crippen LogP contribution in [0, 0.1) is 5.82 Å². The Labute approximate surface area is 160 Å². The molecular weight excluding hydrogens is 365 g/mol. The van der Waals surface area contributed by atoms with Gasteiger partial charge in [0.25, 0.3) is 0 Å². The van der Waals surface area contributed by atoms with Gasteiger partial charge in [0.15, 0.2) is 5.82 Å². The van der Waals surface area contributed by atoms with E-state index in [0.717, 1.165) is 18.4 Å². The standard InChI is InChI=1S/C19H18FN5OS/c20-14-8-4-7-13(11-14)17-23-24-19(25(17)21)27-16(12-5-2-1-3-6-12)18(26)22-15-9-10-15/h1-8,11,15-16H,9-10,21H2,(H,22,26)/t16-/m0/s1. The SMILES string of the molecule is Nn1c(S[C@H](C(=O)NC2CC2)c2ccccc2)nnc1-c1cccc(F)c1. The smallest absolute Gasteiger partial charge is 0.238 e. The summed E-state index contributed by atoms with van der Waals surface area (Å²) in [5.74, 6) is 6.02. The molecule has 0 saturated heterocycles. The Bertz CT molecular complexity index is 958. The van der Waals surface area contributed by atoms with E-state index >= 15 is 0 Å². The third kappa shape index (κ3) is 3.95. The van der Waals surface area contributed by atoms with Gasteiger partial charge in [-0.2, -0.15) is 0 Å². The highest BCUT2D eigenvalue weighted by molar-refractivity contribution is 8.00. The Morgan fingerprint density at radius 3 is 2.67 bits per heavy atom. The third-order valence-electron chi connectivity index (χ3n) is 4.23. The first kappa shape index (κ1) is 17.5. The fourth-order valence-corrected chi connectivity index (χ4v) is 3.66. The van der Waals surface area contributed by atoms with Crippen LogP contribution >= 0.6 is 11.8 Å². The summed E-state index contributed by atoms with van der Waals surface area (Å²) in [6, 6.07) is 15.7. The minimum Gasteiger partial charge on any atom is -0.352 e. The zero-order valence-corrected chi connectivity index (χ0v) is 15.2. The van der Waals surface area contributed by atoms with E-state index in [-0.39, 0.29) is 17.8 Å². The number of benzene rings is 2. The zero-order valence-electron chi connectivity index (χ0n) is 14.4. The first-order valence-electron chi connectivity index (χ1n) is 8.60. The molecule has 3 aromatic rings. The third-order valence-corrected chi connectivity index (χ3v) is 5.45. The molecule has 1 saturated carbocycles. The van der Waals surface area contributed by atoms with Gasteiger partial charge in [0.1, 0.15) is 11.1 Å². The Balaban J connectivity index is 1.62. The van der Waals surface area contributed by atoms with Gasteiger partial charge in [-0.15, -0.1) is 10.2 Å². The Hall–Kier alpha value is -2.87. The molecular formula is C19H18FN5OS. The summed E-state index contributed by atoms with van der Waals surface area (Å²) in [6.45, 7) is 0. The van der Waals surface area contributed by atoms with Crippen molar-refractivity contribution in [3.63, 3.8) is 0 Å². The maximum atomic E-state index is 13.5. The molecule has 0 aliphatic heterocycles. The second kappa shape index (κ2) is 7.40. The molecule has 1 heterocycles. The van der Waals surface area contributed by atoms with Crippen LogP contribution in [0.3, 0.4) is 0 Å². The first-order chi connectivity index (χ1) is 13.1. The molecule has 2 aromatic carbocycles. The van der Waals surface area contributed by atoms with E-state index in [1.807, 2.05) is 30.3 Å². The van der Waals surface area contributed by atoms with E-state index in [9.17, 15) is 9.18 Å². The topological polar surface area (TPSA) is 85.8 Å². The van der Waals surface area contributed by atoms with Crippen molar-refractivity contribution in [3.8, 4) is 11.4 Å². The van der Waals surface area contributed by atoms with Crippen LogP contribution in [-0.2, 0) is 4.79 Å². The fraction of sp³-hybridized carbons (Fsp3) is 0.211. The molecule has 1 aliphatic carbocycles. The van der Waals surface area contributed by atoms with Gasteiger partial charge in [-0.3, -0.25) is 4.79 Å². The molecule has 1 atom stereocenters. The van der Waals surface area contributed by atoms with E-state index < -0.39 is 5.25 Å². The van der Waals surface area contributed by atoms with Gasteiger partial charge in [-0.05, 0) is 30.5 Å². The van der Waals surface area contributed by atoms with E-state index in [1.165, 1.54) is 28.6 Å². The first-order valence-corrected chi connectivity index (χ1v) is 9.48. The lowest BCUT2D eigenvalue weighted by molar-refractivity contribution is -0.120. The Morgan fingerprint density at radius 2 is 1.96 bits per heavy atom. The monoisotopic (exact) mass is 383 g/mol. The van der Waals surface area contributed by atoms with Gasteiger partial charge in [0, 0.05) is 11.6 Å². The number of thioether (sulfide) groups is 1. The Kier molecular flexibility index (Phi) is 4.81. The highest BCUT2D eigenvalue weighted by Crippen LogP contribution is 2.36. The number of nitrogen functional groups attached to an aromatic ring is 1. The summed E-state index contributed by atoms with van der Waals surface area (Å²) < 4.78 is 14.8. The number of carbonyl (C=O) groups is 1. The molecule has 0 radical (unpaired) electrons. The van der Waals surface area contributed by atoms with Crippen molar-refractivity contribution in [3.05, 3.63) is 66.0 Å². The number of carbonyl (C=O) groups excluding carboxylic acids is 1. The minimum atomic E-state index is -0.501. The van der Waals surface area contributed by atoms with Gasteiger partial charge in [0.05, 0.1) is 0 Å². The quantitative estimate of drug-likeness (QED) is 0.505. The molecule has 6 nitrogen and oxygen atoms in total. The molecule has 0 bridgehead atoms. The van der Waals surface area contributed by atoms with Crippen molar-refractivity contribution in [2.24, 2.45) is 0 Å². The van der Waals surface area contributed by atoms with Crippen LogP contribution in [0.2, 0.25) is 0 Å². The van der Waals surface area contributed by atoms with Crippen molar-refractivity contribution >= 4 is 17.7 Å². The summed E-state index contributed by atoms with van der Waals surface area (Å²) in [7, 11) is 0. The van der Waals surface area contributed by atoms with Crippen LogP contribution in [0.25, 0.3) is 11.4 Å². The van der Waals surface area contributed by atoms with Crippen molar-refractivity contribution < 1.29 is 9.18 Å². The second-order valence-electron chi connectivity index (χ2n) is 6.38. The van der Waals surface area contributed by atoms with Crippen LogP contribution in [0.1, 0.15) is 23.7 Å². The molecule has 1 aliphatic rings.